The second-order valence-corrected chi connectivity index (χ2v) is 6.54. The normalized spacial score (nSPS) is 11.2. The van der Waals surface area contributed by atoms with E-state index in [1.165, 1.54) is 29.8 Å². The zero-order valence-corrected chi connectivity index (χ0v) is 16.4. The highest BCUT2D eigenvalue weighted by molar-refractivity contribution is 7.80. The molecule has 0 aliphatic carbocycles. The third-order valence-corrected chi connectivity index (χ3v) is 4.28. The smallest absolute Gasteiger partial charge is 0.276 e. The van der Waals surface area contributed by atoms with Gasteiger partial charge in [-0.15, -0.1) is 0 Å². The van der Waals surface area contributed by atoms with Crippen LogP contribution in [0.3, 0.4) is 0 Å². The predicted molar refractivity (Wildman–Crippen MR) is 108 cm³/mol. The number of hydrogen-bond donors (Lipinski definition) is 3. The molecule has 0 saturated carbocycles. The second-order valence-electron chi connectivity index (χ2n) is 6.13. The number of nitrogens with one attached hydrogen (secondary N) is 3. The molecule has 0 fully saturated rings. The molecule has 1 unspecified atom stereocenters. The van der Waals surface area contributed by atoms with E-state index in [2.05, 4.69) is 30.0 Å². The van der Waals surface area contributed by atoms with Gasteiger partial charge in [0.25, 0.3) is 11.8 Å². The average molecular weight is 403 g/mol. The highest BCUT2D eigenvalue weighted by atomic mass is 32.1. The molecule has 2 amide bonds. The first kappa shape index (κ1) is 21.3. The van der Waals surface area contributed by atoms with Crippen LogP contribution in [-0.4, -0.2) is 23.5 Å². The van der Waals surface area contributed by atoms with Crippen LogP contribution in [0.15, 0.2) is 48.5 Å². The highest BCUT2D eigenvalue weighted by Gasteiger charge is 2.09. The fourth-order valence-electron chi connectivity index (χ4n) is 2.25. The molecule has 0 radical (unpaired) electrons. The lowest BCUT2D eigenvalue weighted by Crippen LogP contribution is -2.49. The van der Waals surface area contributed by atoms with Crippen LogP contribution in [-0.2, 0) is 4.79 Å². The van der Waals surface area contributed by atoms with Gasteiger partial charge in [-0.2, -0.15) is 0 Å². The maximum absolute atomic E-state index is 12.9. The van der Waals surface area contributed by atoms with Crippen molar-refractivity contribution in [3.8, 4) is 5.75 Å². The van der Waals surface area contributed by atoms with Gasteiger partial charge < -0.3 is 4.74 Å². The maximum Gasteiger partial charge on any atom is 0.276 e. The summed E-state index contributed by atoms with van der Waals surface area (Å²) in [6, 6.07) is 12.6. The molecule has 8 heteroatoms. The lowest BCUT2D eigenvalue weighted by atomic mass is 9.99. The van der Waals surface area contributed by atoms with Gasteiger partial charge in [-0.25, -0.2) is 4.39 Å². The highest BCUT2D eigenvalue weighted by Crippen LogP contribution is 2.21. The fraction of sp³-hybridized carbons (Fsp3) is 0.250. The van der Waals surface area contributed by atoms with Gasteiger partial charge in [0.2, 0.25) is 0 Å². The number of hydrogen-bond acceptors (Lipinski definition) is 4. The molecule has 0 spiro atoms. The fourth-order valence-corrected chi connectivity index (χ4v) is 2.39. The molecule has 0 saturated heterocycles. The van der Waals surface area contributed by atoms with E-state index < -0.39 is 17.6 Å². The molecular weight excluding hydrogens is 381 g/mol. The minimum absolute atomic E-state index is 0.0967. The first-order chi connectivity index (χ1) is 13.4. The van der Waals surface area contributed by atoms with Crippen molar-refractivity contribution < 1.29 is 18.7 Å². The van der Waals surface area contributed by atoms with Crippen LogP contribution in [0.2, 0.25) is 0 Å². The third-order valence-electron chi connectivity index (χ3n) is 4.08. The summed E-state index contributed by atoms with van der Waals surface area (Å²) in [6.45, 7) is 4.05. The van der Waals surface area contributed by atoms with Crippen molar-refractivity contribution in [1.82, 2.24) is 16.2 Å². The first-order valence-corrected chi connectivity index (χ1v) is 9.18. The first-order valence-electron chi connectivity index (χ1n) is 8.77. The molecule has 148 valence electrons. The molecule has 0 bridgehead atoms. The van der Waals surface area contributed by atoms with E-state index in [0.29, 0.717) is 11.7 Å². The van der Waals surface area contributed by atoms with E-state index in [9.17, 15) is 14.0 Å². The van der Waals surface area contributed by atoms with E-state index in [1.807, 2.05) is 24.3 Å². The Morgan fingerprint density at radius 2 is 1.71 bits per heavy atom. The Labute approximate surface area is 168 Å². The van der Waals surface area contributed by atoms with Gasteiger partial charge in [0, 0.05) is 5.56 Å². The summed E-state index contributed by atoms with van der Waals surface area (Å²) >= 11 is 4.93. The lowest BCUT2D eigenvalue weighted by Gasteiger charge is -2.12. The topological polar surface area (TPSA) is 79.5 Å². The molecule has 0 aliphatic rings. The number of ether oxygens (including phenoxy) is 1. The summed E-state index contributed by atoms with van der Waals surface area (Å²) in [5, 5.41) is 2.27. The van der Waals surface area contributed by atoms with Crippen LogP contribution < -0.4 is 20.9 Å². The standard InChI is InChI=1S/C20H22FN3O3S/c1-3-13(2)14-6-10-17(11-7-14)27-12-18(25)23-24-20(28)22-19(26)15-4-8-16(21)9-5-15/h4-11,13H,3,12H2,1-2H3,(H,23,25)(H2,22,24,26,28). The Bertz CT molecular complexity index is 826. The van der Waals surface area contributed by atoms with Gasteiger partial charge in [-0.1, -0.05) is 26.0 Å². The minimum Gasteiger partial charge on any atom is -0.484 e. The van der Waals surface area contributed by atoms with Crippen molar-refractivity contribution in [2.45, 2.75) is 26.2 Å². The summed E-state index contributed by atoms with van der Waals surface area (Å²) in [5.41, 5.74) is 6.18. The molecule has 3 N–H and O–H groups in total. The molecule has 0 aliphatic heterocycles. The molecule has 1 atom stereocenters. The number of halogens is 1. The Hall–Kier alpha value is -3.00. The lowest BCUT2D eigenvalue weighted by molar-refractivity contribution is -0.123. The summed E-state index contributed by atoms with van der Waals surface area (Å²) in [4.78, 5) is 23.7. The van der Waals surface area contributed by atoms with E-state index in [1.54, 1.807) is 0 Å². The Morgan fingerprint density at radius 1 is 1.07 bits per heavy atom. The number of carbonyl (C=O) groups is 2. The number of hydrazine groups is 1. The monoisotopic (exact) mass is 403 g/mol. The Balaban J connectivity index is 1.72. The molecule has 0 heterocycles. The predicted octanol–water partition coefficient (Wildman–Crippen LogP) is 3.05. The summed E-state index contributed by atoms with van der Waals surface area (Å²) in [7, 11) is 0. The van der Waals surface area contributed by atoms with Crippen LogP contribution >= 0.6 is 12.2 Å². The average Bonchev–Trinajstić information content (AvgIpc) is 2.71. The molecule has 2 rings (SSSR count). The SMILES string of the molecule is CCC(C)c1ccc(OCC(=O)NNC(=S)NC(=O)c2ccc(F)cc2)cc1. The van der Waals surface area contributed by atoms with Crippen molar-refractivity contribution in [2.24, 2.45) is 0 Å². The minimum atomic E-state index is -0.524. The van der Waals surface area contributed by atoms with Gasteiger partial charge >= 0.3 is 0 Å². The maximum atomic E-state index is 12.9. The van der Waals surface area contributed by atoms with Crippen LogP contribution in [0.1, 0.15) is 42.1 Å². The number of amides is 2. The van der Waals surface area contributed by atoms with E-state index in [-0.39, 0.29) is 17.3 Å². The van der Waals surface area contributed by atoms with Crippen molar-refractivity contribution in [3.63, 3.8) is 0 Å². The van der Waals surface area contributed by atoms with Gasteiger partial charge in [-0.3, -0.25) is 25.8 Å². The van der Waals surface area contributed by atoms with Crippen molar-refractivity contribution in [3.05, 3.63) is 65.5 Å². The number of carbonyl (C=O) groups excluding carboxylic acids is 2. The van der Waals surface area contributed by atoms with Crippen LogP contribution in [0.5, 0.6) is 5.75 Å². The van der Waals surface area contributed by atoms with Crippen molar-refractivity contribution in [2.75, 3.05) is 6.61 Å². The van der Waals surface area contributed by atoms with Crippen LogP contribution in [0.4, 0.5) is 4.39 Å². The molecule has 2 aromatic rings. The molecule has 28 heavy (non-hydrogen) atoms. The summed E-state index contributed by atoms with van der Waals surface area (Å²) in [6.07, 6.45) is 1.05. The van der Waals surface area contributed by atoms with E-state index in [0.717, 1.165) is 6.42 Å². The second kappa shape index (κ2) is 10.4. The van der Waals surface area contributed by atoms with Gasteiger partial charge in [0.05, 0.1) is 0 Å². The van der Waals surface area contributed by atoms with E-state index >= 15 is 0 Å². The van der Waals surface area contributed by atoms with Crippen molar-refractivity contribution >= 4 is 29.1 Å². The van der Waals surface area contributed by atoms with E-state index in [4.69, 9.17) is 17.0 Å². The van der Waals surface area contributed by atoms with Crippen LogP contribution in [0, 0.1) is 5.82 Å². The van der Waals surface area contributed by atoms with Crippen LogP contribution in [0.25, 0.3) is 0 Å². The summed E-state index contributed by atoms with van der Waals surface area (Å²) < 4.78 is 18.3. The largest absolute Gasteiger partial charge is 0.484 e. The van der Waals surface area contributed by atoms with Crippen molar-refractivity contribution in [1.29, 1.82) is 0 Å². The third kappa shape index (κ3) is 6.62. The molecular formula is C20H22FN3O3S. The zero-order valence-electron chi connectivity index (χ0n) is 15.6. The number of benzene rings is 2. The zero-order chi connectivity index (χ0) is 20.5. The van der Waals surface area contributed by atoms with Gasteiger partial charge in [-0.05, 0) is 66.5 Å². The number of thiocarbonyl (C=S) groups is 1. The number of rotatable bonds is 6. The molecule has 6 nitrogen and oxygen atoms in total. The van der Waals surface area contributed by atoms with Gasteiger partial charge in [0.15, 0.2) is 11.7 Å². The molecule has 0 aromatic heterocycles. The summed E-state index contributed by atoms with van der Waals surface area (Å²) in [5.74, 6) is -0.394. The quantitative estimate of drug-likeness (QED) is 0.510. The Morgan fingerprint density at radius 3 is 2.32 bits per heavy atom. The Kier molecular flexibility index (Phi) is 7.88. The van der Waals surface area contributed by atoms with Gasteiger partial charge in [0.1, 0.15) is 11.6 Å². The molecule has 2 aromatic carbocycles.